The number of benzene rings is 1. The molecule has 0 bridgehead atoms. The number of piperidine rings is 1. The van der Waals surface area contributed by atoms with Crippen LogP contribution in [0.25, 0.3) is 11.0 Å². The maximum Gasteiger partial charge on any atom is 0.166 e. The van der Waals surface area contributed by atoms with E-state index in [4.69, 9.17) is 14.5 Å². The molecule has 0 saturated carbocycles. The zero-order chi connectivity index (χ0) is 20.4. The second-order valence-corrected chi connectivity index (χ2v) is 9.11. The molecule has 4 atom stereocenters. The Labute approximate surface area is 175 Å². The lowest BCUT2D eigenvalue weighted by Gasteiger charge is -2.35. The summed E-state index contributed by atoms with van der Waals surface area (Å²) in [5, 5.41) is 4.42. The fourth-order valence-electron chi connectivity index (χ4n) is 4.63. The number of imidazole rings is 1. The molecule has 0 amide bonds. The van der Waals surface area contributed by atoms with Gasteiger partial charge in [0, 0.05) is 38.6 Å². The van der Waals surface area contributed by atoms with Gasteiger partial charge in [-0.15, -0.1) is 0 Å². The van der Waals surface area contributed by atoms with Gasteiger partial charge >= 0.3 is 0 Å². The van der Waals surface area contributed by atoms with Crippen LogP contribution in [0, 0.1) is 11.7 Å². The molecule has 6 nitrogen and oxygen atoms in total. The van der Waals surface area contributed by atoms with E-state index >= 15 is 0 Å². The van der Waals surface area contributed by atoms with Crippen molar-refractivity contribution >= 4 is 28.5 Å². The van der Waals surface area contributed by atoms with E-state index in [0.717, 1.165) is 54.3 Å². The van der Waals surface area contributed by atoms with Gasteiger partial charge in [-0.25, -0.2) is 9.37 Å². The zero-order valence-corrected chi connectivity index (χ0v) is 18.2. The number of H-pyrrole nitrogens is 1. The van der Waals surface area contributed by atoms with Crippen molar-refractivity contribution in [1.82, 2.24) is 15.3 Å². The van der Waals surface area contributed by atoms with Gasteiger partial charge in [-0.2, -0.15) is 0 Å². The first-order chi connectivity index (χ1) is 14.1. The molecule has 29 heavy (non-hydrogen) atoms. The molecule has 2 aliphatic heterocycles. The molecule has 4 rings (SSSR count). The third-order valence-electron chi connectivity index (χ3n) is 6.33. The Hall–Kier alpha value is -1.35. The van der Waals surface area contributed by atoms with Crippen molar-refractivity contribution < 1.29 is 13.9 Å². The van der Waals surface area contributed by atoms with E-state index < -0.39 is 0 Å². The van der Waals surface area contributed by atoms with E-state index in [1.54, 1.807) is 32.0 Å². The third-order valence-corrected chi connectivity index (χ3v) is 7.33. The molecule has 0 spiro atoms. The standard InChI is InChI=1S/C21H31FN4O2S/c1-13-18(23-7-6-20(13)28-3)12-29-21-24-16-9-15(22)19(10-17(16)25-21)26-8-4-5-14(26)11-27-2/h9-10,13-14,18,20,23H,4-8,11-12H2,1-3H3,(H,24,25). The van der Waals surface area contributed by atoms with Crippen LogP contribution in [0.3, 0.4) is 0 Å². The number of ether oxygens (including phenoxy) is 2. The first-order valence-electron chi connectivity index (χ1n) is 10.4. The lowest BCUT2D eigenvalue weighted by molar-refractivity contribution is 0.0225. The van der Waals surface area contributed by atoms with Crippen LogP contribution in [0.5, 0.6) is 0 Å². The van der Waals surface area contributed by atoms with E-state index in [1.807, 2.05) is 6.07 Å². The highest BCUT2D eigenvalue weighted by Gasteiger charge is 2.30. The van der Waals surface area contributed by atoms with Crippen LogP contribution < -0.4 is 10.2 Å². The number of thioether (sulfide) groups is 1. The number of hydrogen-bond acceptors (Lipinski definition) is 6. The number of anilines is 1. The van der Waals surface area contributed by atoms with Crippen molar-refractivity contribution in [2.75, 3.05) is 44.6 Å². The lowest BCUT2D eigenvalue weighted by atomic mass is 9.91. The number of fused-ring (bicyclic) bond motifs is 1. The van der Waals surface area contributed by atoms with Crippen LogP contribution in [0.15, 0.2) is 17.3 Å². The molecular formula is C21H31FN4O2S. The largest absolute Gasteiger partial charge is 0.383 e. The fraction of sp³-hybridized carbons (Fsp3) is 0.667. The normalized spacial score (nSPS) is 27.8. The summed E-state index contributed by atoms with van der Waals surface area (Å²) < 4.78 is 25.8. The molecule has 2 aromatic rings. The van der Waals surface area contributed by atoms with Gasteiger partial charge in [0.2, 0.25) is 0 Å². The van der Waals surface area contributed by atoms with E-state index in [1.165, 1.54) is 0 Å². The topological polar surface area (TPSA) is 62.4 Å². The summed E-state index contributed by atoms with van der Waals surface area (Å²) in [5.74, 6) is 1.15. The number of aromatic nitrogens is 2. The van der Waals surface area contributed by atoms with Crippen molar-refractivity contribution in [1.29, 1.82) is 0 Å². The minimum absolute atomic E-state index is 0.203. The first kappa shape index (κ1) is 20.9. The highest BCUT2D eigenvalue weighted by atomic mass is 32.2. The van der Waals surface area contributed by atoms with Crippen LogP contribution in [0.4, 0.5) is 10.1 Å². The van der Waals surface area contributed by atoms with Gasteiger partial charge in [0.1, 0.15) is 5.82 Å². The molecule has 8 heteroatoms. The molecule has 1 aromatic heterocycles. The summed E-state index contributed by atoms with van der Waals surface area (Å²) >= 11 is 1.68. The summed E-state index contributed by atoms with van der Waals surface area (Å²) in [4.78, 5) is 10.1. The van der Waals surface area contributed by atoms with Gasteiger partial charge in [-0.3, -0.25) is 0 Å². The van der Waals surface area contributed by atoms with Crippen molar-refractivity contribution in [3.8, 4) is 0 Å². The predicted molar refractivity (Wildman–Crippen MR) is 115 cm³/mol. The Morgan fingerprint density at radius 2 is 2.17 bits per heavy atom. The molecule has 3 heterocycles. The van der Waals surface area contributed by atoms with E-state index in [2.05, 4.69) is 22.1 Å². The van der Waals surface area contributed by atoms with Crippen LogP contribution in [0.2, 0.25) is 0 Å². The van der Waals surface area contributed by atoms with Gasteiger partial charge in [0.15, 0.2) is 5.16 Å². The summed E-state index contributed by atoms with van der Waals surface area (Å²) in [6, 6.07) is 4.06. The maximum atomic E-state index is 14.8. The van der Waals surface area contributed by atoms with Crippen LogP contribution in [-0.2, 0) is 9.47 Å². The number of halogens is 1. The molecule has 2 aliphatic rings. The number of methoxy groups -OCH3 is 2. The Bertz CT molecular complexity index is 832. The Morgan fingerprint density at radius 1 is 1.31 bits per heavy atom. The van der Waals surface area contributed by atoms with Gasteiger partial charge in [0.05, 0.1) is 35.5 Å². The van der Waals surface area contributed by atoms with E-state index in [-0.39, 0.29) is 11.9 Å². The number of nitrogens with one attached hydrogen (secondary N) is 2. The molecular weight excluding hydrogens is 391 g/mol. The molecule has 160 valence electrons. The maximum absolute atomic E-state index is 14.8. The number of nitrogens with zero attached hydrogens (tertiary/aromatic N) is 2. The average molecular weight is 423 g/mol. The number of aromatic amines is 1. The average Bonchev–Trinajstić information content (AvgIpc) is 3.33. The fourth-order valence-corrected chi connectivity index (χ4v) is 5.74. The molecule has 4 unspecified atom stereocenters. The Kier molecular flexibility index (Phi) is 6.63. The third kappa shape index (κ3) is 4.40. The minimum atomic E-state index is -0.203. The number of rotatable bonds is 7. The quantitative estimate of drug-likeness (QED) is 0.667. The molecule has 2 saturated heterocycles. The monoisotopic (exact) mass is 422 g/mol. The molecule has 0 aliphatic carbocycles. The van der Waals surface area contributed by atoms with Crippen molar-refractivity contribution in [2.24, 2.45) is 5.92 Å². The second-order valence-electron chi connectivity index (χ2n) is 8.10. The summed E-state index contributed by atoms with van der Waals surface area (Å²) in [6.45, 7) is 4.68. The summed E-state index contributed by atoms with van der Waals surface area (Å²) in [7, 11) is 3.49. The van der Waals surface area contributed by atoms with E-state index in [9.17, 15) is 4.39 Å². The molecule has 1 aromatic carbocycles. The lowest BCUT2D eigenvalue weighted by Crippen LogP contribution is -2.49. The second kappa shape index (κ2) is 9.20. The van der Waals surface area contributed by atoms with Crippen LogP contribution in [-0.4, -0.2) is 67.8 Å². The van der Waals surface area contributed by atoms with Crippen molar-refractivity contribution in [2.45, 2.75) is 49.5 Å². The first-order valence-corrected chi connectivity index (χ1v) is 11.4. The zero-order valence-electron chi connectivity index (χ0n) is 17.4. The van der Waals surface area contributed by atoms with Gasteiger partial charge in [0.25, 0.3) is 0 Å². The minimum Gasteiger partial charge on any atom is -0.383 e. The molecule has 2 N–H and O–H groups in total. The highest BCUT2D eigenvalue weighted by Crippen LogP contribution is 2.32. The predicted octanol–water partition coefficient (Wildman–Crippen LogP) is 3.42. The Balaban J connectivity index is 1.48. The van der Waals surface area contributed by atoms with Gasteiger partial charge in [-0.1, -0.05) is 18.7 Å². The van der Waals surface area contributed by atoms with Crippen molar-refractivity contribution in [3.63, 3.8) is 0 Å². The molecule has 2 fully saturated rings. The highest BCUT2D eigenvalue weighted by molar-refractivity contribution is 7.99. The van der Waals surface area contributed by atoms with Crippen LogP contribution in [0.1, 0.15) is 26.2 Å². The summed E-state index contributed by atoms with van der Waals surface area (Å²) in [5.41, 5.74) is 2.19. The molecule has 0 radical (unpaired) electrons. The van der Waals surface area contributed by atoms with E-state index in [0.29, 0.717) is 30.4 Å². The van der Waals surface area contributed by atoms with Gasteiger partial charge in [-0.05, 0) is 37.8 Å². The SMILES string of the molecule is COCC1CCCN1c1cc2nc(SCC3NCCC(OC)C3C)[nH]c2cc1F. The van der Waals surface area contributed by atoms with Gasteiger partial charge < -0.3 is 24.7 Å². The number of hydrogen-bond donors (Lipinski definition) is 2. The smallest absolute Gasteiger partial charge is 0.166 e. The summed E-state index contributed by atoms with van der Waals surface area (Å²) in [6.07, 6.45) is 3.44. The Morgan fingerprint density at radius 3 is 2.97 bits per heavy atom. The van der Waals surface area contributed by atoms with Crippen molar-refractivity contribution in [3.05, 3.63) is 17.9 Å². The van der Waals surface area contributed by atoms with Crippen LogP contribution >= 0.6 is 11.8 Å².